The summed E-state index contributed by atoms with van der Waals surface area (Å²) in [6.07, 6.45) is 3.40. The molecule has 0 radical (unpaired) electrons. The maximum atomic E-state index is 6.03. The summed E-state index contributed by atoms with van der Waals surface area (Å²) >= 11 is 6.03. The number of halogens is 1. The Balaban J connectivity index is 2.78. The summed E-state index contributed by atoms with van der Waals surface area (Å²) in [6, 6.07) is 5.79. The fraction of sp³-hybridized carbons (Fsp3) is 0.455. The third kappa shape index (κ3) is 2.92. The van der Waals surface area contributed by atoms with Crippen LogP contribution < -0.4 is 4.74 Å². The van der Waals surface area contributed by atoms with Gasteiger partial charge in [-0.3, -0.25) is 0 Å². The van der Waals surface area contributed by atoms with Gasteiger partial charge in [-0.15, -0.1) is 0 Å². The average Bonchev–Trinajstić information content (AvgIpc) is 2.17. The number of methoxy groups -OCH3 is 1. The highest BCUT2D eigenvalue weighted by molar-refractivity contribution is 6.31. The first-order valence-electron chi connectivity index (χ1n) is 4.60. The van der Waals surface area contributed by atoms with E-state index in [0.29, 0.717) is 0 Å². The molecule has 0 aromatic heterocycles. The van der Waals surface area contributed by atoms with Crippen LogP contribution >= 0.6 is 11.6 Å². The van der Waals surface area contributed by atoms with Crippen LogP contribution in [0, 0.1) is 0 Å². The lowest BCUT2D eigenvalue weighted by Gasteiger charge is -2.05. The molecule has 1 aromatic carbocycles. The molecule has 0 atom stereocenters. The number of hydrogen-bond acceptors (Lipinski definition) is 1. The van der Waals surface area contributed by atoms with E-state index in [0.717, 1.165) is 17.2 Å². The van der Waals surface area contributed by atoms with E-state index in [4.69, 9.17) is 16.3 Å². The minimum Gasteiger partial charge on any atom is -0.497 e. The quantitative estimate of drug-likeness (QED) is 0.717. The zero-order chi connectivity index (χ0) is 9.68. The molecule has 72 valence electrons. The summed E-state index contributed by atoms with van der Waals surface area (Å²) in [4.78, 5) is 0. The molecule has 0 bridgehead atoms. The highest BCUT2D eigenvalue weighted by atomic mass is 35.5. The molecule has 0 saturated carbocycles. The molecule has 1 nitrogen and oxygen atoms in total. The predicted octanol–water partition coefficient (Wildman–Crippen LogP) is 3.69. The number of hydrogen-bond donors (Lipinski definition) is 0. The Kier molecular flexibility index (Phi) is 4.10. The molecular weight excluding hydrogens is 184 g/mol. The van der Waals surface area contributed by atoms with Crippen molar-refractivity contribution < 1.29 is 4.74 Å². The Morgan fingerprint density at radius 1 is 1.38 bits per heavy atom. The van der Waals surface area contributed by atoms with Gasteiger partial charge in [0.05, 0.1) is 7.11 Å². The van der Waals surface area contributed by atoms with Gasteiger partial charge < -0.3 is 4.74 Å². The van der Waals surface area contributed by atoms with Crippen LogP contribution in [0.25, 0.3) is 0 Å². The Morgan fingerprint density at radius 2 is 2.15 bits per heavy atom. The van der Waals surface area contributed by atoms with Gasteiger partial charge in [0.15, 0.2) is 0 Å². The van der Waals surface area contributed by atoms with Gasteiger partial charge in [-0.25, -0.2) is 0 Å². The molecule has 0 saturated heterocycles. The van der Waals surface area contributed by atoms with Crippen molar-refractivity contribution in [2.45, 2.75) is 26.2 Å². The van der Waals surface area contributed by atoms with Crippen molar-refractivity contribution in [3.8, 4) is 5.75 Å². The predicted molar refractivity (Wildman–Crippen MR) is 56.6 cm³/mol. The van der Waals surface area contributed by atoms with Gasteiger partial charge in [-0.1, -0.05) is 24.9 Å². The Bertz CT molecular complexity index is 271. The van der Waals surface area contributed by atoms with Crippen LogP contribution in [0.2, 0.25) is 5.02 Å². The number of benzene rings is 1. The van der Waals surface area contributed by atoms with Crippen LogP contribution in [0.4, 0.5) is 0 Å². The molecule has 0 spiro atoms. The van der Waals surface area contributed by atoms with Crippen LogP contribution in [-0.4, -0.2) is 7.11 Å². The number of rotatable bonds is 4. The summed E-state index contributed by atoms with van der Waals surface area (Å²) in [5, 5.41) is 0.842. The largest absolute Gasteiger partial charge is 0.497 e. The topological polar surface area (TPSA) is 9.23 Å². The summed E-state index contributed by atoms with van der Waals surface area (Å²) in [6.45, 7) is 2.17. The highest BCUT2D eigenvalue weighted by Crippen LogP contribution is 2.23. The smallest absolute Gasteiger partial charge is 0.119 e. The van der Waals surface area contributed by atoms with Crippen molar-refractivity contribution in [1.29, 1.82) is 0 Å². The number of aryl methyl sites for hydroxylation is 1. The third-order valence-electron chi connectivity index (χ3n) is 2.05. The van der Waals surface area contributed by atoms with Gasteiger partial charge in [0, 0.05) is 5.02 Å². The van der Waals surface area contributed by atoms with Crippen LogP contribution in [0.3, 0.4) is 0 Å². The molecule has 0 fully saturated rings. The highest BCUT2D eigenvalue weighted by Gasteiger charge is 2.01. The van der Waals surface area contributed by atoms with E-state index in [1.807, 2.05) is 18.2 Å². The minimum absolute atomic E-state index is 0.842. The molecule has 0 amide bonds. The summed E-state index contributed by atoms with van der Waals surface area (Å²) in [7, 11) is 1.67. The Hall–Kier alpha value is -0.690. The van der Waals surface area contributed by atoms with E-state index in [-0.39, 0.29) is 0 Å². The number of unbranched alkanes of at least 4 members (excludes halogenated alkanes) is 1. The van der Waals surface area contributed by atoms with Crippen LogP contribution in [0.15, 0.2) is 18.2 Å². The monoisotopic (exact) mass is 198 g/mol. The van der Waals surface area contributed by atoms with Crippen molar-refractivity contribution in [2.24, 2.45) is 0 Å². The van der Waals surface area contributed by atoms with Crippen molar-refractivity contribution >= 4 is 11.6 Å². The van der Waals surface area contributed by atoms with Crippen LogP contribution in [0.1, 0.15) is 25.3 Å². The van der Waals surface area contributed by atoms with Gasteiger partial charge in [0.1, 0.15) is 5.75 Å². The second-order valence-corrected chi connectivity index (χ2v) is 3.47. The van der Waals surface area contributed by atoms with E-state index in [9.17, 15) is 0 Å². The normalized spacial score (nSPS) is 10.1. The number of ether oxygens (including phenoxy) is 1. The molecule has 1 aromatic rings. The van der Waals surface area contributed by atoms with Gasteiger partial charge in [-0.05, 0) is 36.6 Å². The molecule has 2 heteroatoms. The van der Waals surface area contributed by atoms with E-state index < -0.39 is 0 Å². The molecule has 0 N–H and O–H groups in total. The van der Waals surface area contributed by atoms with E-state index in [2.05, 4.69) is 6.92 Å². The molecule has 0 unspecified atom stereocenters. The summed E-state index contributed by atoms with van der Waals surface area (Å²) in [5.74, 6) is 0.885. The fourth-order valence-corrected chi connectivity index (χ4v) is 1.45. The first kappa shape index (κ1) is 10.4. The summed E-state index contributed by atoms with van der Waals surface area (Å²) in [5.41, 5.74) is 1.18. The molecule has 13 heavy (non-hydrogen) atoms. The van der Waals surface area contributed by atoms with Gasteiger partial charge >= 0.3 is 0 Å². The maximum Gasteiger partial charge on any atom is 0.119 e. The van der Waals surface area contributed by atoms with E-state index in [1.165, 1.54) is 18.4 Å². The maximum absolute atomic E-state index is 6.03. The Labute approximate surface area is 84.7 Å². The molecule has 0 aliphatic carbocycles. The molecule has 0 aliphatic heterocycles. The SMILES string of the molecule is CCCCc1cc(OC)ccc1Cl. The second-order valence-electron chi connectivity index (χ2n) is 3.06. The molecule has 1 rings (SSSR count). The summed E-state index contributed by atoms with van der Waals surface area (Å²) < 4.78 is 5.13. The molecular formula is C11H15ClO. The van der Waals surface area contributed by atoms with Crippen LogP contribution in [-0.2, 0) is 6.42 Å². The minimum atomic E-state index is 0.842. The lowest BCUT2D eigenvalue weighted by molar-refractivity contribution is 0.414. The second kappa shape index (κ2) is 5.13. The average molecular weight is 199 g/mol. The van der Waals surface area contributed by atoms with Gasteiger partial charge in [0.2, 0.25) is 0 Å². The van der Waals surface area contributed by atoms with Crippen molar-refractivity contribution in [3.05, 3.63) is 28.8 Å². The van der Waals surface area contributed by atoms with Gasteiger partial charge in [-0.2, -0.15) is 0 Å². The van der Waals surface area contributed by atoms with Crippen molar-refractivity contribution in [3.63, 3.8) is 0 Å². The van der Waals surface area contributed by atoms with E-state index >= 15 is 0 Å². The first-order chi connectivity index (χ1) is 6.27. The Morgan fingerprint density at radius 3 is 2.77 bits per heavy atom. The molecule has 0 heterocycles. The zero-order valence-electron chi connectivity index (χ0n) is 8.14. The van der Waals surface area contributed by atoms with Gasteiger partial charge in [0.25, 0.3) is 0 Å². The zero-order valence-corrected chi connectivity index (χ0v) is 8.90. The van der Waals surface area contributed by atoms with E-state index in [1.54, 1.807) is 7.11 Å². The standard InChI is InChI=1S/C11H15ClO/c1-3-4-5-9-8-10(13-2)6-7-11(9)12/h6-8H,3-5H2,1-2H3. The third-order valence-corrected chi connectivity index (χ3v) is 2.42. The fourth-order valence-electron chi connectivity index (χ4n) is 1.24. The first-order valence-corrected chi connectivity index (χ1v) is 4.98. The lowest BCUT2D eigenvalue weighted by Crippen LogP contribution is -1.89. The molecule has 0 aliphatic rings. The van der Waals surface area contributed by atoms with Crippen LogP contribution in [0.5, 0.6) is 5.75 Å². The lowest BCUT2D eigenvalue weighted by atomic mass is 10.1. The van der Waals surface area contributed by atoms with Crippen molar-refractivity contribution in [1.82, 2.24) is 0 Å². The van der Waals surface area contributed by atoms with Crippen molar-refractivity contribution in [2.75, 3.05) is 7.11 Å².